The molecule has 0 unspecified atom stereocenters. The molecule has 0 aromatic heterocycles. The Kier molecular flexibility index (Phi) is 8.62. The second-order valence-corrected chi connectivity index (χ2v) is 9.36. The quantitative estimate of drug-likeness (QED) is 0.608. The van der Waals surface area contributed by atoms with E-state index in [-0.39, 0.29) is 12.5 Å². The summed E-state index contributed by atoms with van der Waals surface area (Å²) in [5, 5.41) is 2.74. The van der Waals surface area contributed by atoms with Gasteiger partial charge in [0.1, 0.15) is 12.6 Å². The average molecular weight is 446 g/mol. The van der Waals surface area contributed by atoms with E-state index in [0.29, 0.717) is 25.2 Å². The summed E-state index contributed by atoms with van der Waals surface area (Å²) in [6.45, 7) is 5.64. The van der Waals surface area contributed by atoms with E-state index in [0.717, 1.165) is 21.7 Å². The molecule has 0 heterocycles. The lowest BCUT2D eigenvalue weighted by Gasteiger charge is -2.31. The minimum Gasteiger partial charge on any atom is -0.355 e. The Hall–Kier alpha value is -2.87. The molecule has 0 aliphatic carbocycles. The summed E-state index contributed by atoms with van der Waals surface area (Å²) < 4.78 is 26.1. The third-order valence-electron chi connectivity index (χ3n) is 5.07. The monoisotopic (exact) mass is 445 g/mol. The molecular formula is C23H31N3O4S. The maximum absolute atomic E-state index is 13.3. The number of sulfonamides is 1. The zero-order valence-electron chi connectivity index (χ0n) is 18.5. The molecule has 7 nitrogen and oxygen atoms in total. The Labute approximate surface area is 185 Å². The van der Waals surface area contributed by atoms with Crippen molar-refractivity contribution in [3.8, 4) is 0 Å². The van der Waals surface area contributed by atoms with Crippen molar-refractivity contribution >= 4 is 27.5 Å². The van der Waals surface area contributed by atoms with Gasteiger partial charge in [0.2, 0.25) is 21.8 Å². The van der Waals surface area contributed by atoms with Crippen molar-refractivity contribution in [2.24, 2.45) is 0 Å². The maximum Gasteiger partial charge on any atom is 0.244 e. The first-order valence-corrected chi connectivity index (χ1v) is 12.1. The van der Waals surface area contributed by atoms with Crippen LogP contribution in [0.25, 0.3) is 0 Å². The summed E-state index contributed by atoms with van der Waals surface area (Å²) in [6.07, 6.45) is 1.63. The van der Waals surface area contributed by atoms with E-state index in [9.17, 15) is 18.0 Å². The number of nitrogens with one attached hydrogen (secondary N) is 1. The minimum atomic E-state index is -3.71. The SMILES string of the molecule is CCNC(=O)[C@H](C)N(CCc1ccccc1)C(=O)CN(c1ccccc1C)S(C)(=O)=O. The van der Waals surface area contributed by atoms with Crippen LogP contribution in [0.1, 0.15) is 25.0 Å². The topological polar surface area (TPSA) is 86.8 Å². The van der Waals surface area contributed by atoms with Crippen LogP contribution in [0.4, 0.5) is 5.69 Å². The summed E-state index contributed by atoms with van der Waals surface area (Å²) in [6, 6.07) is 15.9. The number of nitrogens with zero attached hydrogens (tertiary/aromatic N) is 2. The molecule has 0 saturated heterocycles. The number of likely N-dealkylation sites (N-methyl/N-ethyl adjacent to an activating group) is 1. The van der Waals surface area contributed by atoms with Gasteiger partial charge < -0.3 is 10.2 Å². The van der Waals surface area contributed by atoms with Gasteiger partial charge in [-0.3, -0.25) is 13.9 Å². The van der Waals surface area contributed by atoms with Gasteiger partial charge in [-0.1, -0.05) is 48.5 Å². The number of hydrogen-bond donors (Lipinski definition) is 1. The zero-order valence-corrected chi connectivity index (χ0v) is 19.4. The zero-order chi connectivity index (χ0) is 23.0. The van der Waals surface area contributed by atoms with Crippen LogP contribution < -0.4 is 9.62 Å². The molecule has 0 saturated carbocycles. The van der Waals surface area contributed by atoms with Crippen molar-refractivity contribution in [3.05, 3.63) is 65.7 Å². The number of hydrogen-bond acceptors (Lipinski definition) is 4. The number of benzene rings is 2. The van der Waals surface area contributed by atoms with Gasteiger partial charge in [0.25, 0.3) is 0 Å². The molecule has 0 fully saturated rings. The molecule has 168 valence electrons. The van der Waals surface area contributed by atoms with Gasteiger partial charge in [-0.2, -0.15) is 0 Å². The molecule has 0 bridgehead atoms. The van der Waals surface area contributed by atoms with Crippen LogP contribution >= 0.6 is 0 Å². The summed E-state index contributed by atoms with van der Waals surface area (Å²) in [4.78, 5) is 27.2. The van der Waals surface area contributed by atoms with Gasteiger partial charge in [-0.15, -0.1) is 0 Å². The predicted octanol–water partition coefficient (Wildman–Crippen LogP) is 2.36. The predicted molar refractivity (Wildman–Crippen MR) is 123 cm³/mol. The normalized spacial score (nSPS) is 12.1. The van der Waals surface area contributed by atoms with Crippen molar-refractivity contribution in [1.29, 1.82) is 0 Å². The van der Waals surface area contributed by atoms with Crippen LogP contribution in [0.15, 0.2) is 54.6 Å². The molecule has 2 rings (SSSR count). The fourth-order valence-corrected chi connectivity index (χ4v) is 4.24. The number of carbonyl (C=O) groups excluding carboxylic acids is 2. The molecule has 0 aliphatic heterocycles. The van der Waals surface area contributed by atoms with Gasteiger partial charge in [-0.05, 0) is 44.4 Å². The molecule has 2 aromatic carbocycles. The van der Waals surface area contributed by atoms with E-state index in [2.05, 4.69) is 5.32 Å². The highest BCUT2D eigenvalue weighted by Gasteiger charge is 2.29. The van der Waals surface area contributed by atoms with Gasteiger partial charge in [0.05, 0.1) is 11.9 Å². The molecule has 0 spiro atoms. The Balaban J connectivity index is 2.30. The van der Waals surface area contributed by atoms with Crippen LogP contribution in [0.5, 0.6) is 0 Å². The second kappa shape index (κ2) is 10.9. The second-order valence-electron chi connectivity index (χ2n) is 7.45. The number of aryl methyl sites for hydroxylation is 1. The molecule has 2 amide bonds. The van der Waals surface area contributed by atoms with E-state index in [1.807, 2.05) is 43.3 Å². The first-order valence-electron chi connectivity index (χ1n) is 10.3. The van der Waals surface area contributed by atoms with Crippen LogP contribution in [-0.2, 0) is 26.0 Å². The smallest absolute Gasteiger partial charge is 0.244 e. The highest BCUT2D eigenvalue weighted by atomic mass is 32.2. The Bertz CT molecular complexity index is 993. The lowest BCUT2D eigenvalue weighted by atomic mass is 10.1. The molecule has 31 heavy (non-hydrogen) atoms. The largest absolute Gasteiger partial charge is 0.355 e. The number of para-hydroxylation sites is 1. The standard InChI is InChI=1S/C23H31N3O4S/c1-5-24-23(28)19(3)25(16-15-20-12-7-6-8-13-20)22(27)17-26(31(4,29)30)21-14-10-9-11-18(21)2/h6-14,19H,5,15-17H2,1-4H3,(H,24,28)/t19-/m0/s1. The molecule has 8 heteroatoms. The number of carbonyl (C=O) groups is 2. The van der Waals surface area contributed by atoms with Gasteiger partial charge in [-0.25, -0.2) is 8.42 Å². The summed E-state index contributed by atoms with van der Waals surface area (Å²) in [7, 11) is -3.71. The summed E-state index contributed by atoms with van der Waals surface area (Å²) in [5.74, 6) is -0.700. The average Bonchev–Trinajstić information content (AvgIpc) is 2.73. The highest BCUT2D eigenvalue weighted by molar-refractivity contribution is 7.92. The summed E-state index contributed by atoms with van der Waals surface area (Å²) in [5.41, 5.74) is 2.22. The van der Waals surface area contributed by atoms with E-state index in [1.54, 1.807) is 32.0 Å². The lowest BCUT2D eigenvalue weighted by Crippen LogP contribution is -2.52. The van der Waals surface area contributed by atoms with Crippen LogP contribution in [-0.4, -0.2) is 57.1 Å². The summed E-state index contributed by atoms with van der Waals surface area (Å²) >= 11 is 0. The first kappa shape index (κ1) is 24.4. The van der Waals surface area contributed by atoms with E-state index < -0.39 is 22.0 Å². The van der Waals surface area contributed by atoms with Gasteiger partial charge in [0.15, 0.2) is 0 Å². The van der Waals surface area contributed by atoms with Crippen LogP contribution in [0.2, 0.25) is 0 Å². The first-order chi connectivity index (χ1) is 14.6. The lowest BCUT2D eigenvalue weighted by molar-refractivity contribution is -0.138. The van der Waals surface area contributed by atoms with Crippen molar-refractivity contribution in [2.75, 3.05) is 30.2 Å². The van der Waals surface area contributed by atoms with Gasteiger partial charge in [0, 0.05) is 13.1 Å². The maximum atomic E-state index is 13.3. The number of amides is 2. The Morgan fingerprint density at radius 1 is 1.03 bits per heavy atom. The van der Waals surface area contributed by atoms with Crippen LogP contribution in [0, 0.1) is 6.92 Å². The number of rotatable bonds is 10. The Morgan fingerprint density at radius 3 is 2.23 bits per heavy atom. The fraction of sp³-hybridized carbons (Fsp3) is 0.391. The van der Waals surface area contributed by atoms with Crippen molar-refractivity contribution < 1.29 is 18.0 Å². The molecular weight excluding hydrogens is 414 g/mol. The van der Waals surface area contributed by atoms with E-state index in [1.165, 1.54) is 4.90 Å². The third kappa shape index (κ3) is 6.82. The molecule has 0 aliphatic rings. The van der Waals surface area contributed by atoms with Crippen molar-refractivity contribution in [2.45, 2.75) is 33.2 Å². The van der Waals surface area contributed by atoms with Crippen molar-refractivity contribution in [3.63, 3.8) is 0 Å². The van der Waals surface area contributed by atoms with E-state index in [4.69, 9.17) is 0 Å². The Morgan fingerprint density at radius 2 is 1.65 bits per heavy atom. The fourth-order valence-electron chi connectivity index (χ4n) is 3.33. The van der Waals surface area contributed by atoms with E-state index >= 15 is 0 Å². The third-order valence-corrected chi connectivity index (χ3v) is 6.19. The highest BCUT2D eigenvalue weighted by Crippen LogP contribution is 2.22. The molecule has 2 aromatic rings. The van der Waals surface area contributed by atoms with Crippen molar-refractivity contribution in [1.82, 2.24) is 10.2 Å². The molecule has 1 N–H and O–H groups in total. The minimum absolute atomic E-state index is 0.272. The van der Waals surface area contributed by atoms with Crippen LogP contribution in [0.3, 0.4) is 0 Å². The molecule has 1 atom stereocenters. The molecule has 0 radical (unpaired) electrons. The van der Waals surface area contributed by atoms with Gasteiger partial charge >= 0.3 is 0 Å². The number of anilines is 1.